The highest BCUT2D eigenvalue weighted by molar-refractivity contribution is 5.96. The molecule has 0 amide bonds. The van der Waals surface area contributed by atoms with Crippen molar-refractivity contribution in [2.24, 2.45) is 5.16 Å². The van der Waals surface area contributed by atoms with Gasteiger partial charge in [-0.3, -0.25) is 9.97 Å². The third-order valence-electron chi connectivity index (χ3n) is 7.40. The Hall–Kier alpha value is -4.78. The number of benzene rings is 2. The molecule has 200 valence electrons. The summed E-state index contributed by atoms with van der Waals surface area (Å²) >= 11 is 0. The summed E-state index contributed by atoms with van der Waals surface area (Å²) in [6.45, 7) is 6.17. The number of nitrogens with zero attached hydrogens (tertiary/aromatic N) is 4. The highest BCUT2D eigenvalue weighted by atomic mass is 16.6. The molecule has 7 nitrogen and oxygen atoms in total. The molecule has 4 heterocycles. The van der Waals surface area contributed by atoms with Crippen LogP contribution in [0.25, 0.3) is 22.2 Å². The quantitative estimate of drug-likeness (QED) is 0.217. The number of hydrogen-bond acceptors (Lipinski definition) is 6. The molecule has 3 atom stereocenters. The van der Waals surface area contributed by atoms with Crippen LogP contribution >= 0.6 is 0 Å². The normalized spacial score (nSPS) is 17.3. The lowest BCUT2D eigenvalue weighted by atomic mass is 9.91. The smallest absolute Gasteiger partial charge is 0.338 e. The fourth-order valence-electron chi connectivity index (χ4n) is 5.52. The lowest BCUT2D eigenvalue weighted by molar-refractivity contribution is 0.0526. The van der Waals surface area contributed by atoms with Crippen LogP contribution in [0.1, 0.15) is 59.9 Å². The number of ether oxygens (including phenoxy) is 1. The molecule has 0 spiro atoms. The monoisotopic (exact) mass is 530 g/mol. The molecule has 6 rings (SSSR count). The second-order valence-electron chi connectivity index (χ2n) is 9.97. The van der Waals surface area contributed by atoms with Crippen LogP contribution in [-0.4, -0.2) is 38.9 Å². The lowest BCUT2D eigenvalue weighted by Gasteiger charge is -2.21. The van der Waals surface area contributed by atoms with Gasteiger partial charge in [0.1, 0.15) is 12.1 Å². The Bertz CT molecular complexity index is 1640. The van der Waals surface area contributed by atoms with Crippen LogP contribution in [-0.2, 0) is 9.57 Å². The molecule has 3 aromatic heterocycles. The van der Waals surface area contributed by atoms with Gasteiger partial charge in [0.25, 0.3) is 0 Å². The Kier molecular flexibility index (Phi) is 6.86. The molecule has 2 aromatic carbocycles. The average Bonchev–Trinajstić information content (AvgIpc) is 3.53. The zero-order chi connectivity index (χ0) is 27.6. The first-order valence-corrected chi connectivity index (χ1v) is 13.5. The van der Waals surface area contributed by atoms with Crippen molar-refractivity contribution in [1.29, 1.82) is 0 Å². The van der Waals surface area contributed by atoms with Crippen molar-refractivity contribution in [1.82, 2.24) is 14.5 Å². The van der Waals surface area contributed by atoms with E-state index in [-0.39, 0.29) is 24.0 Å². The third-order valence-corrected chi connectivity index (χ3v) is 7.40. The topological polar surface area (TPSA) is 78.6 Å². The molecule has 7 heteroatoms. The summed E-state index contributed by atoms with van der Waals surface area (Å²) in [4.78, 5) is 27.6. The lowest BCUT2D eigenvalue weighted by Crippen LogP contribution is -2.17. The minimum atomic E-state index is -0.330. The molecule has 0 bridgehead atoms. The van der Waals surface area contributed by atoms with E-state index in [4.69, 9.17) is 19.5 Å². The predicted octanol–water partition coefficient (Wildman–Crippen LogP) is 6.79. The molecule has 1 aliphatic heterocycles. The first-order chi connectivity index (χ1) is 19.5. The zero-order valence-electron chi connectivity index (χ0n) is 22.7. The third kappa shape index (κ3) is 4.64. The Labute approximate surface area is 233 Å². The first-order valence-electron chi connectivity index (χ1n) is 13.5. The molecule has 0 N–H and O–H groups in total. The summed E-state index contributed by atoms with van der Waals surface area (Å²) in [6, 6.07) is 25.9. The van der Waals surface area contributed by atoms with Gasteiger partial charge in [-0.05, 0) is 67.8 Å². The standard InChI is InChI=1S/C33H30N4O3/c1-4-39-33(38)25-15-13-23(14-16-25)27-20-37(32(24-10-6-5-7-11-24)28-12-8-9-17-34-28)29-18-26(19-35-31(27)29)30-21(2)36-40-22(30)3/h5-20,22,30,32H,4H2,1-3H3/t22?,30?,32-/m1/s1. The number of esters is 1. The molecule has 0 saturated carbocycles. The molecule has 0 saturated heterocycles. The predicted molar refractivity (Wildman–Crippen MR) is 155 cm³/mol. The number of hydrogen-bond donors (Lipinski definition) is 0. The number of carbonyl (C=O) groups is 1. The number of oxime groups is 1. The van der Waals surface area contributed by atoms with E-state index in [1.54, 1.807) is 19.1 Å². The van der Waals surface area contributed by atoms with Crippen LogP contribution in [0.5, 0.6) is 0 Å². The first kappa shape index (κ1) is 25.5. The summed E-state index contributed by atoms with van der Waals surface area (Å²) < 4.78 is 7.43. The fraction of sp³-hybridized carbons (Fsp3) is 0.212. The van der Waals surface area contributed by atoms with Crippen LogP contribution in [0.15, 0.2) is 103 Å². The van der Waals surface area contributed by atoms with Crippen molar-refractivity contribution >= 4 is 22.7 Å². The van der Waals surface area contributed by atoms with Crippen molar-refractivity contribution in [2.45, 2.75) is 38.8 Å². The van der Waals surface area contributed by atoms with E-state index in [1.807, 2.05) is 68.7 Å². The van der Waals surface area contributed by atoms with Crippen molar-refractivity contribution in [3.8, 4) is 11.1 Å². The minimum Gasteiger partial charge on any atom is -0.462 e. The van der Waals surface area contributed by atoms with Crippen molar-refractivity contribution in [3.05, 3.63) is 120 Å². The Morgan fingerprint density at radius 2 is 1.80 bits per heavy atom. The molecule has 0 aliphatic carbocycles. The Morgan fingerprint density at radius 1 is 1.02 bits per heavy atom. The molecule has 2 unspecified atom stereocenters. The Balaban J connectivity index is 1.56. The Morgan fingerprint density at radius 3 is 2.48 bits per heavy atom. The van der Waals surface area contributed by atoms with E-state index in [0.717, 1.165) is 44.7 Å². The van der Waals surface area contributed by atoms with Gasteiger partial charge in [-0.15, -0.1) is 0 Å². The maximum absolute atomic E-state index is 12.3. The molecule has 0 fully saturated rings. The van der Waals surface area contributed by atoms with E-state index in [0.29, 0.717) is 12.2 Å². The summed E-state index contributed by atoms with van der Waals surface area (Å²) in [5.74, 6) is -0.305. The molecular formula is C33H30N4O3. The van der Waals surface area contributed by atoms with Crippen molar-refractivity contribution < 1.29 is 14.4 Å². The summed E-state index contributed by atoms with van der Waals surface area (Å²) in [7, 11) is 0. The van der Waals surface area contributed by atoms with E-state index in [9.17, 15) is 4.79 Å². The van der Waals surface area contributed by atoms with Gasteiger partial charge in [0.05, 0.1) is 40.5 Å². The number of pyridine rings is 2. The van der Waals surface area contributed by atoms with Crippen molar-refractivity contribution in [2.75, 3.05) is 6.61 Å². The number of carbonyl (C=O) groups excluding carboxylic acids is 1. The second-order valence-corrected chi connectivity index (χ2v) is 9.97. The maximum Gasteiger partial charge on any atom is 0.338 e. The highest BCUT2D eigenvalue weighted by Crippen LogP contribution is 2.38. The number of aromatic nitrogens is 3. The van der Waals surface area contributed by atoms with Gasteiger partial charge in [0, 0.05) is 24.2 Å². The number of rotatable bonds is 7. The van der Waals surface area contributed by atoms with Crippen LogP contribution in [0.4, 0.5) is 0 Å². The molecule has 0 radical (unpaired) electrons. The van der Waals surface area contributed by atoms with Gasteiger partial charge in [-0.1, -0.05) is 53.7 Å². The SMILES string of the molecule is CCOC(=O)c1ccc(-c2cn([C@H](c3ccccc3)c3ccccn3)c3cc(C4C(C)=NOC4C)cnc23)cc1. The minimum absolute atomic E-state index is 0.0255. The molecule has 1 aliphatic rings. The van der Waals surface area contributed by atoms with Crippen molar-refractivity contribution in [3.63, 3.8) is 0 Å². The van der Waals surface area contributed by atoms with Gasteiger partial charge in [0.15, 0.2) is 0 Å². The largest absolute Gasteiger partial charge is 0.462 e. The van der Waals surface area contributed by atoms with Gasteiger partial charge < -0.3 is 14.1 Å². The number of fused-ring (bicyclic) bond motifs is 1. The second kappa shape index (κ2) is 10.8. The summed E-state index contributed by atoms with van der Waals surface area (Å²) in [6.07, 6.45) is 5.82. The van der Waals surface area contributed by atoms with E-state index in [2.05, 4.69) is 40.2 Å². The average molecular weight is 531 g/mol. The van der Waals surface area contributed by atoms with E-state index >= 15 is 0 Å². The van der Waals surface area contributed by atoms with Gasteiger partial charge in [-0.2, -0.15) is 0 Å². The van der Waals surface area contributed by atoms with E-state index < -0.39 is 0 Å². The van der Waals surface area contributed by atoms with Crippen LogP contribution in [0.3, 0.4) is 0 Å². The molecular weight excluding hydrogens is 500 g/mol. The van der Waals surface area contributed by atoms with Crippen LogP contribution in [0, 0.1) is 0 Å². The maximum atomic E-state index is 12.3. The van der Waals surface area contributed by atoms with Gasteiger partial charge in [-0.25, -0.2) is 4.79 Å². The van der Waals surface area contributed by atoms with E-state index in [1.165, 1.54) is 0 Å². The zero-order valence-corrected chi connectivity index (χ0v) is 22.7. The van der Waals surface area contributed by atoms with Gasteiger partial charge >= 0.3 is 5.97 Å². The summed E-state index contributed by atoms with van der Waals surface area (Å²) in [5.41, 5.74) is 8.32. The van der Waals surface area contributed by atoms with Gasteiger partial charge in [0.2, 0.25) is 0 Å². The van der Waals surface area contributed by atoms with Crippen LogP contribution in [0.2, 0.25) is 0 Å². The highest BCUT2D eigenvalue weighted by Gasteiger charge is 2.31. The summed E-state index contributed by atoms with van der Waals surface area (Å²) in [5, 5.41) is 4.23. The molecule has 5 aromatic rings. The van der Waals surface area contributed by atoms with Crippen LogP contribution < -0.4 is 0 Å². The fourth-order valence-corrected chi connectivity index (χ4v) is 5.52. The molecule has 40 heavy (non-hydrogen) atoms.